The van der Waals surface area contributed by atoms with Crippen LogP contribution in [0.2, 0.25) is 0 Å². The van der Waals surface area contributed by atoms with E-state index in [1.54, 1.807) is 24.3 Å². The van der Waals surface area contributed by atoms with Crippen LogP contribution in [0.4, 0.5) is 10.2 Å². The van der Waals surface area contributed by atoms with Crippen molar-refractivity contribution in [2.75, 3.05) is 18.0 Å². The van der Waals surface area contributed by atoms with E-state index >= 15 is 0 Å². The summed E-state index contributed by atoms with van der Waals surface area (Å²) < 4.78 is 13.8. The van der Waals surface area contributed by atoms with Crippen molar-refractivity contribution in [1.29, 1.82) is 0 Å². The number of phenolic OH excluding ortho intramolecular Hbond substituents is 1. The number of anilines is 1. The zero-order valence-corrected chi connectivity index (χ0v) is 13.4. The first-order valence-corrected chi connectivity index (χ1v) is 8.12. The average Bonchev–Trinajstić information content (AvgIpc) is 3.01. The van der Waals surface area contributed by atoms with Gasteiger partial charge < -0.3 is 10.0 Å². The monoisotopic (exact) mass is 323 g/mol. The average molecular weight is 323 g/mol. The van der Waals surface area contributed by atoms with Crippen LogP contribution >= 0.6 is 0 Å². The van der Waals surface area contributed by atoms with Crippen molar-refractivity contribution in [3.8, 4) is 17.1 Å². The fourth-order valence-corrected chi connectivity index (χ4v) is 3.24. The molecule has 1 aliphatic rings. The molecule has 0 saturated carbocycles. The summed E-state index contributed by atoms with van der Waals surface area (Å²) in [5.41, 5.74) is 1.26. The van der Waals surface area contributed by atoms with Gasteiger partial charge >= 0.3 is 0 Å². The van der Waals surface area contributed by atoms with Crippen molar-refractivity contribution in [3.63, 3.8) is 0 Å². The molecule has 1 saturated heterocycles. The van der Waals surface area contributed by atoms with E-state index in [1.165, 1.54) is 12.1 Å². The summed E-state index contributed by atoms with van der Waals surface area (Å²) in [7, 11) is 0. The molecule has 24 heavy (non-hydrogen) atoms. The van der Waals surface area contributed by atoms with Gasteiger partial charge in [0.15, 0.2) is 5.82 Å². The summed E-state index contributed by atoms with van der Waals surface area (Å²) in [5.74, 6) is 1.62. The van der Waals surface area contributed by atoms with Crippen molar-refractivity contribution in [2.45, 2.75) is 13.3 Å². The summed E-state index contributed by atoms with van der Waals surface area (Å²) in [6.07, 6.45) is 1.09. The molecule has 1 atom stereocenters. The first kappa shape index (κ1) is 14.9. The number of hydrogen-bond donors (Lipinski definition) is 1. The first-order chi connectivity index (χ1) is 11.6. The molecule has 0 aliphatic carbocycles. The highest BCUT2D eigenvalue weighted by molar-refractivity contribution is 5.91. The smallest absolute Gasteiger partial charge is 0.165 e. The van der Waals surface area contributed by atoms with Crippen molar-refractivity contribution >= 4 is 16.7 Å². The van der Waals surface area contributed by atoms with E-state index < -0.39 is 0 Å². The first-order valence-electron chi connectivity index (χ1n) is 8.12. The minimum absolute atomic E-state index is 0.139. The Balaban J connectivity index is 1.94. The molecule has 4 rings (SSSR count). The molecule has 5 heteroatoms. The van der Waals surface area contributed by atoms with Gasteiger partial charge in [0.25, 0.3) is 0 Å². The quantitative estimate of drug-likeness (QED) is 0.775. The fourth-order valence-electron chi connectivity index (χ4n) is 3.24. The number of aromatic nitrogens is 2. The Morgan fingerprint density at radius 2 is 2.00 bits per heavy atom. The molecule has 0 bridgehead atoms. The van der Waals surface area contributed by atoms with Crippen LogP contribution in [-0.4, -0.2) is 28.2 Å². The summed E-state index contributed by atoms with van der Waals surface area (Å²) >= 11 is 0. The zero-order chi connectivity index (χ0) is 16.7. The SMILES string of the molecule is CC1CCN(c2nc(-c3ccccc3O)nc3ccc(F)cc23)C1. The van der Waals surface area contributed by atoms with Gasteiger partial charge in [-0.25, -0.2) is 14.4 Å². The minimum Gasteiger partial charge on any atom is -0.507 e. The van der Waals surface area contributed by atoms with Gasteiger partial charge in [-0.2, -0.15) is 0 Å². The number of nitrogens with zero attached hydrogens (tertiary/aromatic N) is 3. The largest absolute Gasteiger partial charge is 0.507 e. The molecule has 0 amide bonds. The molecule has 4 nitrogen and oxygen atoms in total. The van der Waals surface area contributed by atoms with Crippen LogP contribution in [0.3, 0.4) is 0 Å². The van der Waals surface area contributed by atoms with Crippen LogP contribution in [0.15, 0.2) is 42.5 Å². The predicted octanol–water partition coefficient (Wildman–Crippen LogP) is 3.99. The lowest BCUT2D eigenvalue weighted by atomic mass is 10.1. The number of rotatable bonds is 2. The lowest BCUT2D eigenvalue weighted by Gasteiger charge is -2.20. The minimum atomic E-state index is -0.296. The maximum atomic E-state index is 13.8. The summed E-state index contributed by atoms with van der Waals surface area (Å²) in [5, 5.41) is 10.8. The number of fused-ring (bicyclic) bond motifs is 1. The predicted molar refractivity (Wildman–Crippen MR) is 92.6 cm³/mol. The normalized spacial score (nSPS) is 17.6. The molecule has 2 aromatic carbocycles. The summed E-state index contributed by atoms with van der Waals surface area (Å²) in [6, 6.07) is 11.6. The van der Waals surface area contributed by atoms with E-state index in [2.05, 4.69) is 21.8 Å². The summed E-state index contributed by atoms with van der Waals surface area (Å²) in [6.45, 7) is 3.99. The lowest BCUT2D eigenvalue weighted by molar-refractivity contribution is 0.477. The highest BCUT2D eigenvalue weighted by atomic mass is 19.1. The van der Waals surface area contributed by atoms with Crippen LogP contribution in [0.5, 0.6) is 5.75 Å². The van der Waals surface area contributed by atoms with Crippen LogP contribution in [-0.2, 0) is 0 Å². The number of benzene rings is 2. The highest BCUT2D eigenvalue weighted by Gasteiger charge is 2.23. The summed E-state index contributed by atoms with van der Waals surface area (Å²) in [4.78, 5) is 11.4. The number of para-hydroxylation sites is 1. The zero-order valence-electron chi connectivity index (χ0n) is 13.4. The molecule has 1 N–H and O–H groups in total. The molecular weight excluding hydrogens is 305 g/mol. The van der Waals surface area contributed by atoms with E-state index in [0.29, 0.717) is 28.2 Å². The van der Waals surface area contributed by atoms with Gasteiger partial charge in [-0.3, -0.25) is 0 Å². The molecule has 1 aliphatic heterocycles. The second-order valence-electron chi connectivity index (χ2n) is 6.39. The number of phenols is 1. The third-order valence-corrected chi connectivity index (χ3v) is 4.51. The van der Waals surface area contributed by atoms with E-state index in [1.807, 2.05) is 6.07 Å². The van der Waals surface area contributed by atoms with Crippen molar-refractivity contribution in [1.82, 2.24) is 9.97 Å². The van der Waals surface area contributed by atoms with E-state index in [0.717, 1.165) is 25.3 Å². The lowest BCUT2D eigenvalue weighted by Crippen LogP contribution is -2.21. The van der Waals surface area contributed by atoms with Gasteiger partial charge in [0.2, 0.25) is 0 Å². The number of aromatic hydroxyl groups is 1. The van der Waals surface area contributed by atoms with Gasteiger partial charge in [0.1, 0.15) is 17.4 Å². The van der Waals surface area contributed by atoms with Gasteiger partial charge in [0, 0.05) is 18.5 Å². The molecular formula is C19H18FN3O. The Labute approximate surface area is 139 Å². The topological polar surface area (TPSA) is 49.2 Å². The van der Waals surface area contributed by atoms with Crippen molar-refractivity contribution < 1.29 is 9.50 Å². The Morgan fingerprint density at radius 1 is 1.17 bits per heavy atom. The Bertz CT molecular complexity index is 912. The molecule has 2 heterocycles. The van der Waals surface area contributed by atoms with Crippen molar-refractivity contribution in [2.24, 2.45) is 5.92 Å². The Morgan fingerprint density at radius 3 is 2.75 bits per heavy atom. The molecule has 122 valence electrons. The number of hydrogen-bond acceptors (Lipinski definition) is 4. The van der Waals surface area contributed by atoms with E-state index in [9.17, 15) is 9.50 Å². The van der Waals surface area contributed by atoms with Crippen LogP contribution < -0.4 is 4.90 Å². The molecule has 0 spiro atoms. The van der Waals surface area contributed by atoms with Crippen LogP contribution in [0, 0.1) is 11.7 Å². The van der Waals surface area contributed by atoms with E-state index in [-0.39, 0.29) is 11.6 Å². The van der Waals surface area contributed by atoms with Gasteiger partial charge in [-0.05, 0) is 42.7 Å². The third kappa shape index (κ3) is 2.56. The Hall–Kier alpha value is -2.69. The molecule has 3 aromatic rings. The van der Waals surface area contributed by atoms with Crippen LogP contribution in [0.1, 0.15) is 13.3 Å². The maximum Gasteiger partial charge on any atom is 0.165 e. The van der Waals surface area contributed by atoms with E-state index in [4.69, 9.17) is 0 Å². The molecule has 1 aromatic heterocycles. The molecule has 1 unspecified atom stereocenters. The van der Waals surface area contributed by atoms with Crippen molar-refractivity contribution in [3.05, 3.63) is 48.3 Å². The maximum absolute atomic E-state index is 13.8. The highest BCUT2D eigenvalue weighted by Crippen LogP contribution is 2.33. The van der Waals surface area contributed by atoms with Crippen LogP contribution in [0.25, 0.3) is 22.3 Å². The fraction of sp³-hybridized carbons (Fsp3) is 0.263. The molecule has 0 radical (unpaired) electrons. The van der Waals surface area contributed by atoms with Gasteiger partial charge in [0.05, 0.1) is 11.1 Å². The number of halogens is 1. The molecule has 1 fully saturated rings. The standard InChI is InChI=1S/C19H18FN3O/c1-12-8-9-23(11-12)19-15-10-13(20)6-7-16(15)21-18(22-19)14-4-2-3-5-17(14)24/h2-7,10,12,24H,8-9,11H2,1H3. The second-order valence-corrected chi connectivity index (χ2v) is 6.39. The van der Waals surface area contributed by atoms with Gasteiger partial charge in [-0.15, -0.1) is 0 Å². The third-order valence-electron chi connectivity index (χ3n) is 4.51. The Kier molecular flexibility index (Phi) is 3.56. The second kappa shape index (κ2) is 5.74. The van der Waals surface area contributed by atoms with Gasteiger partial charge in [-0.1, -0.05) is 19.1 Å².